The molecule has 474 valence electrons. The van der Waals surface area contributed by atoms with E-state index in [-0.39, 0.29) is 87.3 Å². The SMILES string of the molecule is COc1ccc(NC(=O)[C@H](CCCCN)NC(=O)c2cc(NC(=O)[C@@H](N)CCCCN)ccc2OC)cc1C(=O)N[C@@H](CCCCN)C(=O)Nc1ccc(OC)c(C(=O)N[C@@H](CCCCCN)C(=O)Nc2ccc(OC)c(C(=O)N[C@H](C)C(=O)O)c2)c1. The first-order valence-corrected chi connectivity index (χ1v) is 28.7. The normalized spacial score (nSPS) is 12.6. The number of unbranched alkanes of at least 4 members (excludes halogenated alkanes) is 5. The van der Waals surface area contributed by atoms with Crippen molar-refractivity contribution in [3.63, 3.8) is 0 Å². The Balaban J connectivity index is 1.56. The molecule has 0 heterocycles. The molecule has 0 saturated heterocycles. The molecule has 0 spiro atoms. The first-order chi connectivity index (χ1) is 41.7. The number of benzene rings is 4. The van der Waals surface area contributed by atoms with Crippen LogP contribution in [0, 0.1) is 0 Å². The van der Waals surface area contributed by atoms with Crippen molar-refractivity contribution in [1.82, 2.24) is 21.3 Å². The number of carbonyl (C=O) groups is 9. The second-order valence-corrected chi connectivity index (χ2v) is 20.3. The minimum atomic E-state index is -1.26. The van der Waals surface area contributed by atoms with Crippen LogP contribution in [-0.4, -0.2) is 143 Å². The Kier molecular flexibility index (Phi) is 29.9. The molecule has 5 atom stereocenters. The summed E-state index contributed by atoms with van der Waals surface area (Å²) < 4.78 is 21.8. The number of aliphatic carboxylic acids is 1. The molecule has 4 aromatic rings. The van der Waals surface area contributed by atoms with Gasteiger partial charge >= 0.3 is 5.97 Å². The number of amides is 8. The van der Waals surface area contributed by atoms with Crippen molar-refractivity contribution < 1.29 is 67.2 Å². The molecule has 0 unspecified atom stereocenters. The zero-order valence-electron chi connectivity index (χ0n) is 50.0. The van der Waals surface area contributed by atoms with Crippen molar-refractivity contribution in [2.24, 2.45) is 28.7 Å². The van der Waals surface area contributed by atoms with Gasteiger partial charge in [0.25, 0.3) is 23.6 Å². The van der Waals surface area contributed by atoms with Crippen molar-refractivity contribution >= 4 is 76.0 Å². The van der Waals surface area contributed by atoms with Gasteiger partial charge in [0.1, 0.15) is 47.2 Å². The molecule has 0 aliphatic heterocycles. The first kappa shape index (κ1) is 70.6. The van der Waals surface area contributed by atoms with E-state index in [2.05, 4.69) is 42.5 Å². The Morgan fingerprint density at radius 1 is 0.391 bits per heavy atom. The lowest BCUT2D eigenvalue weighted by molar-refractivity contribution is -0.138. The fourth-order valence-electron chi connectivity index (χ4n) is 8.92. The van der Waals surface area contributed by atoms with Crippen LogP contribution in [0.15, 0.2) is 72.8 Å². The van der Waals surface area contributed by atoms with E-state index in [1.165, 1.54) is 102 Å². The zero-order chi connectivity index (χ0) is 64.0. The van der Waals surface area contributed by atoms with Crippen LogP contribution in [0.1, 0.15) is 132 Å². The molecule has 0 radical (unpaired) electrons. The average Bonchev–Trinajstić information content (AvgIpc) is 3.71. The van der Waals surface area contributed by atoms with Crippen LogP contribution >= 0.6 is 0 Å². The lowest BCUT2D eigenvalue weighted by atomic mass is 10.0. The van der Waals surface area contributed by atoms with Crippen LogP contribution in [0.2, 0.25) is 0 Å². The van der Waals surface area contributed by atoms with Crippen molar-refractivity contribution in [3.8, 4) is 23.0 Å². The number of rotatable bonds is 38. The zero-order valence-corrected chi connectivity index (χ0v) is 50.0. The molecule has 27 heteroatoms. The van der Waals surface area contributed by atoms with Crippen LogP contribution < -0.4 is 90.2 Å². The van der Waals surface area contributed by atoms with Gasteiger partial charge in [0.2, 0.25) is 23.6 Å². The van der Waals surface area contributed by atoms with Gasteiger partial charge in [-0.05, 0) is 170 Å². The van der Waals surface area contributed by atoms with Gasteiger partial charge in [-0.3, -0.25) is 43.2 Å². The Morgan fingerprint density at radius 2 is 0.655 bits per heavy atom. The summed E-state index contributed by atoms with van der Waals surface area (Å²) in [7, 11) is 5.37. The largest absolute Gasteiger partial charge is 0.496 e. The van der Waals surface area contributed by atoms with Gasteiger partial charge in [-0.25, -0.2) is 0 Å². The predicted octanol–water partition coefficient (Wildman–Crippen LogP) is 3.31. The summed E-state index contributed by atoms with van der Waals surface area (Å²) >= 11 is 0. The number of anilines is 4. The van der Waals surface area contributed by atoms with E-state index in [4.69, 9.17) is 47.6 Å². The van der Waals surface area contributed by atoms with Gasteiger partial charge in [-0.15, -0.1) is 0 Å². The van der Waals surface area contributed by atoms with E-state index < -0.39 is 83.4 Å². The Hall–Kier alpha value is -8.89. The number of ether oxygens (including phenoxy) is 4. The molecule has 27 nitrogen and oxygen atoms in total. The highest BCUT2D eigenvalue weighted by atomic mass is 16.5. The quantitative estimate of drug-likeness (QED) is 0.0286. The summed E-state index contributed by atoms with van der Waals surface area (Å²) in [6.45, 7) is 2.79. The number of nitrogens with two attached hydrogens (primary N) is 5. The molecule has 0 saturated carbocycles. The maximum Gasteiger partial charge on any atom is 0.325 e. The number of hydrogen-bond acceptors (Lipinski definition) is 18. The summed E-state index contributed by atoms with van der Waals surface area (Å²) in [4.78, 5) is 122. The van der Waals surface area contributed by atoms with Crippen LogP contribution in [0.25, 0.3) is 0 Å². The van der Waals surface area contributed by atoms with Crippen LogP contribution in [0.4, 0.5) is 22.7 Å². The summed E-state index contributed by atoms with van der Waals surface area (Å²) in [6, 6.07) is 11.7. The van der Waals surface area contributed by atoms with E-state index in [0.29, 0.717) is 90.4 Å². The van der Waals surface area contributed by atoms with E-state index in [1.54, 1.807) is 6.07 Å². The highest BCUT2D eigenvalue weighted by molar-refractivity contribution is 6.08. The van der Waals surface area contributed by atoms with Crippen LogP contribution in [0.3, 0.4) is 0 Å². The fourth-order valence-corrected chi connectivity index (χ4v) is 8.92. The number of nitrogens with one attached hydrogen (secondary N) is 8. The lowest BCUT2D eigenvalue weighted by Crippen LogP contribution is -2.44. The molecule has 87 heavy (non-hydrogen) atoms. The third-order valence-corrected chi connectivity index (χ3v) is 13.8. The maximum atomic E-state index is 14.3. The molecular weight excluding hydrogens is 1130 g/mol. The highest BCUT2D eigenvalue weighted by Crippen LogP contribution is 2.28. The molecule has 8 amide bonds. The highest BCUT2D eigenvalue weighted by Gasteiger charge is 2.29. The van der Waals surface area contributed by atoms with Crippen molar-refractivity contribution in [2.75, 3.05) is 75.9 Å². The third kappa shape index (κ3) is 22.2. The summed E-state index contributed by atoms with van der Waals surface area (Å²) in [5, 5.41) is 31.0. The molecule has 4 aromatic carbocycles. The second-order valence-electron chi connectivity index (χ2n) is 20.3. The molecule has 0 aliphatic rings. The fraction of sp³-hybridized carbons (Fsp3) is 0.450. The van der Waals surface area contributed by atoms with Crippen molar-refractivity contribution in [3.05, 3.63) is 95.1 Å². The minimum Gasteiger partial charge on any atom is -0.496 e. The van der Waals surface area contributed by atoms with Crippen molar-refractivity contribution in [1.29, 1.82) is 0 Å². The summed E-state index contributed by atoms with van der Waals surface area (Å²) in [5.41, 5.74) is 29.5. The number of methoxy groups -OCH3 is 4. The number of carboxylic acid groups (broad SMARTS) is 1. The predicted molar refractivity (Wildman–Crippen MR) is 329 cm³/mol. The molecule has 19 N–H and O–H groups in total. The molecule has 0 aromatic heterocycles. The molecular formula is C60H85N13O14. The van der Waals surface area contributed by atoms with Gasteiger partial charge in [0.15, 0.2) is 0 Å². The van der Waals surface area contributed by atoms with Crippen LogP contribution in [0.5, 0.6) is 23.0 Å². The Morgan fingerprint density at radius 3 is 0.943 bits per heavy atom. The first-order valence-electron chi connectivity index (χ1n) is 28.7. The standard InChI is InChI=1S/C60H85N13O14/c1-35(60(82)83)66-52(74)40-32-37(20-24-48(40)84-2)68-57(79)45(16-7-6-11-27-61)71-54(76)42-33-38(21-25-50(42)86-4)69-59(81)47(18-10-14-30-64)73-55(77)43-34-39(22-26-51(43)87-5)70-58(80)46(17-9-13-29-63)72-53(75)41-31-36(19-23-49(41)85-3)67-56(78)44(65)15-8-12-28-62/h19-26,31-35,44-47H,6-18,27-30,61-65H2,1-5H3,(H,66,74)(H,67,78)(H,68,79)(H,69,81)(H,70,80)(H,71,76)(H,72,75)(H,73,77)(H,82,83)/t35-,44+,45+,46+,47+/m1/s1. The summed E-state index contributed by atoms with van der Waals surface area (Å²) in [6.07, 6.45) is 5.89. The second kappa shape index (κ2) is 36.8. The topological polar surface area (TPSA) is 437 Å². The van der Waals surface area contributed by atoms with Crippen molar-refractivity contribution in [2.45, 2.75) is 121 Å². The molecule has 0 fully saturated rings. The summed E-state index contributed by atoms with van der Waals surface area (Å²) in [5.74, 6) is -6.19. The molecule has 4 rings (SSSR count). The smallest absolute Gasteiger partial charge is 0.325 e. The van der Waals surface area contributed by atoms with Crippen LogP contribution in [-0.2, 0) is 24.0 Å². The maximum absolute atomic E-state index is 14.3. The van der Waals surface area contributed by atoms with Gasteiger partial charge in [0, 0.05) is 22.7 Å². The van der Waals surface area contributed by atoms with Gasteiger partial charge in [0.05, 0.1) is 56.7 Å². The minimum absolute atomic E-state index is 0.0244. The average molecular weight is 1210 g/mol. The van der Waals surface area contributed by atoms with Gasteiger partial charge in [-0.2, -0.15) is 0 Å². The lowest BCUT2D eigenvalue weighted by Gasteiger charge is -2.22. The number of hydrogen-bond donors (Lipinski definition) is 14. The van der Waals surface area contributed by atoms with E-state index in [9.17, 15) is 48.3 Å². The van der Waals surface area contributed by atoms with E-state index in [1.807, 2.05) is 0 Å². The molecule has 0 aliphatic carbocycles. The van der Waals surface area contributed by atoms with E-state index >= 15 is 0 Å². The Bertz CT molecular complexity index is 3000. The van der Waals surface area contributed by atoms with Gasteiger partial charge < -0.3 is 95.3 Å². The van der Waals surface area contributed by atoms with E-state index in [0.717, 1.165) is 0 Å². The number of carbonyl (C=O) groups excluding carboxylic acids is 8. The Labute approximate surface area is 506 Å². The molecule has 0 bridgehead atoms. The number of carboxylic acids is 1. The third-order valence-electron chi connectivity index (χ3n) is 13.8. The van der Waals surface area contributed by atoms with Gasteiger partial charge in [-0.1, -0.05) is 19.3 Å². The monoisotopic (exact) mass is 1210 g/mol.